The van der Waals surface area contributed by atoms with Gasteiger partial charge in [0.05, 0.1) is 12.2 Å². The molecular formula is C16H26FNO2. The average Bonchev–Trinajstić information content (AvgIpc) is 2.44. The molecule has 0 spiro atoms. The van der Waals surface area contributed by atoms with Gasteiger partial charge in [-0.3, -0.25) is 0 Å². The first-order chi connectivity index (χ1) is 9.41. The minimum absolute atomic E-state index is 0.224. The third kappa shape index (κ3) is 4.85. The molecule has 0 aliphatic rings. The van der Waals surface area contributed by atoms with Crippen molar-refractivity contribution in [3.8, 4) is 0 Å². The fourth-order valence-corrected chi connectivity index (χ4v) is 1.90. The third-order valence-corrected chi connectivity index (χ3v) is 3.63. The minimum atomic E-state index is -0.422. The molecule has 0 amide bonds. The third-order valence-electron chi connectivity index (χ3n) is 3.63. The van der Waals surface area contributed by atoms with Crippen LogP contribution in [-0.4, -0.2) is 25.4 Å². The summed E-state index contributed by atoms with van der Waals surface area (Å²) in [4.78, 5) is 0. The molecule has 3 nitrogen and oxygen atoms in total. The van der Waals surface area contributed by atoms with Crippen molar-refractivity contribution >= 4 is 0 Å². The van der Waals surface area contributed by atoms with Crippen molar-refractivity contribution in [2.75, 3.05) is 13.7 Å². The number of hydrogen-bond acceptors (Lipinski definition) is 3. The molecule has 2 unspecified atom stereocenters. The Kier molecular flexibility index (Phi) is 6.59. The van der Waals surface area contributed by atoms with Gasteiger partial charge in [0.15, 0.2) is 0 Å². The standard InChI is InChI=1S/C16H26FNO2/c1-5-14(18)15(12-8-6-7-9-13(12)17)20-11-10-16(2,3)19-4/h6-9,14-15H,5,10-11,18H2,1-4H3. The SMILES string of the molecule is CCC(N)C(OCCC(C)(C)OC)c1ccccc1F. The van der Waals surface area contributed by atoms with Gasteiger partial charge >= 0.3 is 0 Å². The van der Waals surface area contributed by atoms with Crippen LogP contribution in [0.2, 0.25) is 0 Å². The molecule has 0 heterocycles. The molecule has 0 radical (unpaired) electrons. The minimum Gasteiger partial charge on any atom is -0.379 e. The van der Waals surface area contributed by atoms with Gasteiger partial charge in [-0.15, -0.1) is 0 Å². The highest BCUT2D eigenvalue weighted by atomic mass is 19.1. The lowest BCUT2D eigenvalue weighted by Gasteiger charge is -2.27. The molecular weight excluding hydrogens is 257 g/mol. The summed E-state index contributed by atoms with van der Waals surface area (Å²) in [7, 11) is 1.67. The number of hydrogen-bond donors (Lipinski definition) is 1. The molecule has 0 aromatic heterocycles. The molecule has 0 bridgehead atoms. The molecule has 1 rings (SSSR count). The van der Waals surface area contributed by atoms with Gasteiger partial charge in [0, 0.05) is 18.7 Å². The molecule has 20 heavy (non-hydrogen) atoms. The highest BCUT2D eigenvalue weighted by Crippen LogP contribution is 2.26. The van der Waals surface area contributed by atoms with Crippen molar-refractivity contribution in [2.24, 2.45) is 5.73 Å². The fraction of sp³-hybridized carbons (Fsp3) is 0.625. The Morgan fingerprint density at radius 3 is 2.50 bits per heavy atom. The van der Waals surface area contributed by atoms with E-state index in [2.05, 4.69) is 0 Å². The zero-order chi connectivity index (χ0) is 15.2. The number of rotatable bonds is 8. The van der Waals surface area contributed by atoms with Crippen molar-refractivity contribution < 1.29 is 13.9 Å². The number of halogens is 1. The summed E-state index contributed by atoms with van der Waals surface area (Å²) < 4.78 is 25.1. The van der Waals surface area contributed by atoms with E-state index in [4.69, 9.17) is 15.2 Å². The van der Waals surface area contributed by atoms with E-state index in [1.54, 1.807) is 25.3 Å². The van der Waals surface area contributed by atoms with E-state index in [0.717, 1.165) is 12.8 Å². The van der Waals surface area contributed by atoms with Crippen LogP contribution in [0.1, 0.15) is 45.3 Å². The Hall–Kier alpha value is -0.970. The van der Waals surface area contributed by atoms with Crippen LogP contribution in [0.3, 0.4) is 0 Å². The second-order valence-corrected chi connectivity index (χ2v) is 5.60. The Morgan fingerprint density at radius 1 is 1.30 bits per heavy atom. The Bertz CT molecular complexity index is 409. The first kappa shape index (κ1) is 17.1. The smallest absolute Gasteiger partial charge is 0.129 e. The van der Waals surface area contributed by atoms with Gasteiger partial charge < -0.3 is 15.2 Å². The van der Waals surface area contributed by atoms with E-state index in [0.29, 0.717) is 12.2 Å². The van der Waals surface area contributed by atoms with Crippen LogP contribution in [0.5, 0.6) is 0 Å². The molecule has 2 N–H and O–H groups in total. The predicted molar refractivity (Wildman–Crippen MR) is 79.1 cm³/mol. The topological polar surface area (TPSA) is 44.5 Å². The van der Waals surface area contributed by atoms with Gasteiger partial charge in [0.25, 0.3) is 0 Å². The zero-order valence-electron chi connectivity index (χ0n) is 12.9. The van der Waals surface area contributed by atoms with E-state index in [9.17, 15) is 4.39 Å². The van der Waals surface area contributed by atoms with Crippen LogP contribution in [0.4, 0.5) is 4.39 Å². The van der Waals surface area contributed by atoms with Crippen molar-refractivity contribution in [1.29, 1.82) is 0 Å². The Morgan fingerprint density at radius 2 is 1.95 bits per heavy atom. The van der Waals surface area contributed by atoms with Crippen molar-refractivity contribution in [1.82, 2.24) is 0 Å². The summed E-state index contributed by atoms with van der Waals surface area (Å²) in [5.74, 6) is -0.271. The van der Waals surface area contributed by atoms with Crippen LogP contribution < -0.4 is 5.73 Å². The highest BCUT2D eigenvalue weighted by Gasteiger charge is 2.24. The predicted octanol–water partition coefficient (Wildman–Crippen LogP) is 3.44. The van der Waals surface area contributed by atoms with Crippen molar-refractivity contribution in [3.05, 3.63) is 35.6 Å². The molecule has 4 heteroatoms. The Balaban J connectivity index is 2.74. The monoisotopic (exact) mass is 283 g/mol. The summed E-state index contributed by atoms with van der Waals surface area (Å²) in [6, 6.07) is 6.42. The fourth-order valence-electron chi connectivity index (χ4n) is 1.90. The van der Waals surface area contributed by atoms with Crippen LogP contribution in [-0.2, 0) is 9.47 Å². The van der Waals surface area contributed by atoms with Crippen LogP contribution in [0.15, 0.2) is 24.3 Å². The summed E-state index contributed by atoms with van der Waals surface area (Å²) in [6.07, 6.45) is 1.03. The maximum atomic E-state index is 13.9. The van der Waals surface area contributed by atoms with Gasteiger partial charge in [-0.05, 0) is 32.8 Å². The van der Waals surface area contributed by atoms with Crippen LogP contribution in [0, 0.1) is 5.82 Å². The number of methoxy groups -OCH3 is 1. The summed E-state index contributed by atoms with van der Waals surface area (Å²) in [6.45, 7) is 6.44. The molecule has 0 saturated heterocycles. The van der Waals surface area contributed by atoms with Crippen molar-refractivity contribution in [2.45, 2.75) is 51.4 Å². The van der Waals surface area contributed by atoms with E-state index >= 15 is 0 Å². The molecule has 1 aromatic rings. The first-order valence-corrected chi connectivity index (χ1v) is 7.08. The van der Waals surface area contributed by atoms with Crippen LogP contribution in [0.25, 0.3) is 0 Å². The van der Waals surface area contributed by atoms with Crippen molar-refractivity contribution in [3.63, 3.8) is 0 Å². The van der Waals surface area contributed by atoms with Gasteiger partial charge in [-0.2, -0.15) is 0 Å². The van der Waals surface area contributed by atoms with Gasteiger partial charge in [-0.25, -0.2) is 4.39 Å². The first-order valence-electron chi connectivity index (χ1n) is 7.08. The van der Waals surface area contributed by atoms with Gasteiger partial charge in [0.1, 0.15) is 11.9 Å². The summed E-state index contributed by atoms with van der Waals surface area (Å²) in [5.41, 5.74) is 6.35. The maximum absolute atomic E-state index is 13.9. The second kappa shape index (κ2) is 7.72. The number of benzene rings is 1. The molecule has 0 aliphatic carbocycles. The lowest BCUT2D eigenvalue weighted by molar-refractivity contribution is -0.0339. The number of nitrogens with two attached hydrogens (primary N) is 1. The molecule has 1 aromatic carbocycles. The lowest BCUT2D eigenvalue weighted by atomic mass is 10.00. The van der Waals surface area contributed by atoms with E-state index in [-0.39, 0.29) is 17.5 Å². The molecule has 0 saturated carbocycles. The number of ether oxygens (including phenoxy) is 2. The molecule has 2 atom stereocenters. The summed E-state index contributed by atoms with van der Waals surface area (Å²) in [5, 5.41) is 0. The second-order valence-electron chi connectivity index (χ2n) is 5.60. The average molecular weight is 283 g/mol. The normalized spacial score (nSPS) is 15.1. The lowest BCUT2D eigenvalue weighted by Crippen LogP contribution is -2.32. The van der Waals surface area contributed by atoms with Crippen LogP contribution >= 0.6 is 0 Å². The highest BCUT2D eigenvalue weighted by molar-refractivity contribution is 5.21. The molecule has 114 valence electrons. The maximum Gasteiger partial charge on any atom is 0.129 e. The van der Waals surface area contributed by atoms with Gasteiger partial charge in [0.2, 0.25) is 0 Å². The largest absolute Gasteiger partial charge is 0.379 e. The molecule has 0 fully saturated rings. The quantitative estimate of drug-likeness (QED) is 0.795. The van der Waals surface area contributed by atoms with E-state index in [1.807, 2.05) is 20.8 Å². The zero-order valence-corrected chi connectivity index (χ0v) is 12.9. The Labute approximate surface area is 121 Å². The van der Waals surface area contributed by atoms with E-state index < -0.39 is 6.10 Å². The van der Waals surface area contributed by atoms with E-state index in [1.165, 1.54) is 6.07 Å². The molecule has 0 aliphatic heterocycles. The van der Waals surface area contributed by atoms with Gasteiger partial charge in [-0.1, -0.05) is 25.1 Å². The summed E-state index contributed by atoms with van der Waals surface area (Å²) >= 11 is 0.